The summed E-state index contributed by atoms with van der Waals surface area (Å²) in [6.45, 7) is 0.401. The highest BCUT2D eigenvalue weighted by Crippen LogP contribution is 2.33. The summed E-state index contributed by atoms with van der Waals surface area (Å²) in [7, 11) is 1.62. The third kappa shape index (κ3) is 4.48. The van der Waals surface area contributed by atoms with Gasteiger partial charge in [0.05, 0.1) is 19.1 Å². The average Bonchev–Trinajstić information content (AvgIpc) is 3.31. The van der Waals surface area contributed by atoms with E-state index in [1.807, 2.05) is 18.2 Å². The lowest BCUT2D eigenvalue weighted by molar-refractivity contribution is -0.141. The molecule has 26 heavy (non-hydrogen) atoms. The van der Waals surface area contributed by atoms with E-state index in [2.05, 4.69) is 5.32 Å². The van der Waals surface area contributed by atoms with Gasteiger partial charge < -0.3 is 19.9 Å². The van der Waals surface area contributed by atoms with E-state index in [1.54, 1.807) is 7.11 Å². The van der Waals surface area contributed by atoms with Crippen molar-refractivity contribution in [2.45, 2.75) is 57.6 Å². The van der Waals surface area contributed by atoms with Crippen molar-refractivity contribution in [3.63, 3.8) is 0 Å². The molecule has 0 heterocycles. The average molecular weight is 361 g/mol. The molecular weight excluding hydrogens is 334 g/mol. The van der Waals surface area contributed by atoms with Gasteiger partial charge in [0.1, 0.15) is 0 Å². The van der Waals surface area contributed by atoms with Crippen LogP contribution < -0.4 is 14.8 Å². The molecule has 6 heteroatoms. The first-order chi connectivity index (χ1) is 12.6. The number of ether oxygens (including phenoxy) is 2. The molecule has 0 aliphatic heterocycles. The second-order valence-electron chi connectivity index (χ2n) is 7.27. The predicted molar refractivity (Wildman–Crippen MR) is 96.2 cm³/mol. The zero-order valence-electron chi connectivity index (χ0n) is 15.2. The first kappa shape index (κ1) is 18.5. The number of carbonyl (C=O) groups is 2. The summed E-state index contributed by atoms with van der Waals surface area (Å²) in [4.78, 5) is 23.3. The lowest BCUT2D eigenvalue weighted by Gasteiger charge is -2.17. The van der Waals surface area contributed by atoms with Crippen LogP contribution in [0.1, 0.15) is 50.5 Å². The van der Waals surface area contributed by atoms with Crippen LogP contribution in [0.4, 0.5) is 0 Å². The van der Waals surface area contributed by atoms with Crippen molar-refractivity contribution in [1.82, 2.24) is 5.32 Å². The van der Waals surface area contributed by atoms with Gasteiger partial charge in [-0.05, 0) is 62.6 Å². The van der Waals surface area contributed by atoms with Crippen molar-refractivity contribution in [3.05, 3.63) is 23.8 Å². The van der Waals surface area contributed by atoms with Gasteiger partial charge in [-0.3, -0.25) is 9.59 Å². The molecule has 2 saturated carbocycles. The minimum absolute atomic E-state index is 0.0668. The number of nitrogens with one attached hydrogen (secondary N) is 1. The fourth-order valence-electron chi connectivity index (χ4n) is 3.89. The number of benzene rings is 1. The van der Waals surface area contributed by atoms with Crippen LogP contribution in [0.3, 0.4) is 0 Å². The van der Waals surface area contributed by atoms with E-state index in [1.165, 1.54) is 12.8 Å². The van der Waals surface area contributed by atoms with Crippen molar-refractivity contribution in [1.29, 1.82) is 0 Å². The van der Waals surface area contributed by atoms with Crippen LogP contribution in [0.5, 0.6) is 11.5 Å². The summed E-state index contributed by atoms with van der Waals surface area (Å²) >= 11 is 0. The lowest BCUT2D eigenvalue weighted by Crippen LogP contribution is -2.29. The van der Waals surface area contributed by atoms with E-state index >= 15 is 0 Å². The minimum atomic E-state index is -0.802. The number of rotatable bonds is 7. The third-order valence-corrected chi connectivity index (χ3v) is 5.44. The molecule has 142 valence electrons. The monoisotopic (exact) mass is 361 g/mol. The molecule has 0 radical (unpaired) electrons. The van der Waals surface area contributed by atoms with Gasteiger partial charge in [0.2, 0.25) is 5.91 Å². The number of hydrogen-bond acceptors (Lipinski definition) is 4. The topological polar surface area (TPSA) is 84.9 Å². The molecule has 1 amide bonds. The summed E-state index contributed by atoms with van der Waals surface area (Å²) in [5, 5.41) is 12.0. The van der Waals surface area contributed by atoms with Crippen LogP contribution in [-0.4, -0.2) is 30.2 Å². The van der Waals surface area contributed by atoms with Crippen molar-refractivity contribution < 1.29 is 24.2 Å². The standard InChI is InChI=1S/C20H27NO5/c1-25-17-9-6-13(10-18(17)26-16-4-2-3-5-16)12-21-19(22)14-7-8-15(11-14)20(23)24/h6,9-10,14-16H,2-5,7-8,11-12H2,1H3,(H,21,22)(H,23,24)/t14-,15+/m1/s1. The summed E-state index contributed by atoms with van der Waals surface area (Å²) in [6, 6.07) is 5.70. The first-order valence-electron chi connectivity index (χ1n) is 9.41. The summed E-state index contributed by atoms with van der Waals surface area (Å²) in [5.74, 6) is -0.0429. The number of carboxylic acids is 1. The largest absolute Gasteiger partial charge is 0.493 e. The van der Waals surface area contributed by atoms with Crippen LogP contribution >= 0.6 is 0 Å². The number of aliphatic carboxylic acids is 1. The molecule has 0 bridgehead atoms. The van der Waals surface area contributed by atoms with Crippen LogP contribution in [0.2, 0.25) is 0 Å². The molecule has 0 aromatic heterocycles. The van der Waals surface area contributed by atoms with E-state index in [9.17, 15) is 9.59 Å². The Bertz CT molecular complexity index is 654. The van der Waals surface area contributed by atoms with E-state index in [0.29, 0.717) is 31.6 Å². The molecule has 0 unspecified atom stereocenters. The lowest BCUT2D eigenvalue weighted by atomic mass is 10.0. The Morgan fingerprint density at radius 1 is 1.12 bits per heavy atom. The Morgan fingerprint density at radius 2 is 1.85 bits per heavy atom. The molecule has 2 N–H and O–H groups in total. The molecule has 3 rings (SSSR count). The van der Waals surface area contributed by atoms with Gasteiger partial charge in [0.15, 0.2) is 11.5 Å². The fraction of sp³-hybridized carbons (Fsp3) is 0.600. The van der Waals surface area contributed by atoms with E-state index < -0.39 is 11.9 Å². The molecule has 2 aliphatic rings. The molecule has 2 aliphatic carbocycles. The van der Waals surface area contributed by atoms with Gasteiger partial charge in [-0.2, -0.15) is 0 Å². The normalized spacial score (nSPS) is 23.0. The second kappa shape index (κ2) is 8.43. The summed E-state index contributed by atoms with van der Waals surface area (Å²) in [6.07, 6.45) is 6.41. The smallest absolute Gasteiger partial charge is 0.306 e. The van der Waals surface area contributed by atoms with Crippen molar-refractivity contribution in [2.24, 2.45) is 11.8 Å². The number of amides is 1. The van der Waals surface area contributed by atoms with Crippen molar-refractivity contribution in [3.8, 4) is 11.5 Å². The Kier molecular flexibility index (Phi) is 6.01. The van der Waals surface area contributed by atoms with Crippen LogP contribution in [-0.2, 0) is 16.1 Å². The molecule has 1 aromatic rings. The minimum Gasteiger partial charge on any atom is -0.493 e. The maximum atomic E-state index is 12.3. The Hall–Kier alpha value is -2.24. The van der Waals surface area contributed by atoms with Gasteiger partial charge in [0.25, 0.3) is 0 Å². The van der Waals surface area contributed by atoms with Crippen LogP contribution in [0.25, 0.3) is 0 Å². The summed E-state index contributed by atoms with van der Waals surface area (Å²) in [5.41, 5.74) is 0.944. The molecule has 6 nitrogen and oxygen atoms in total. The quantitative estimate of drug-likeness (QED) is 0.779. The number of carbonyl (C=O) groups excluding carboxylic acids is 1. The summed E-state index contributed by atoms with van der Waals surface area (Å²) < 4.78 is 11.5. The highest BCUT2D eigenvalue weighted by atomic mass is 16.5. The van der Waals surface area contributed by atoms with Gasteiger partial charge in [-0.15, -0.1) is 0 Å². The molecule has 2 atom stereocenters. The van der Waals surface area contributed by atoms with Crippen molar-refractivity contribution >= 4 is 11.9 Å². The number of carboxylic acid groups (broad SMARTS) is 1. The molecular formula is C20H27NO5. The molecule has 2 fully saturated rings. The maximum Gasteiger partial charge on any atom is 0.306 e. The fourth-order valence-corrected chi connectivity index (χ4v) is 3.89. The Balaban J connectivity index is 1.57. The Labute approximate surface area is 153 Å². The maximum absolute atomic E-state index is 12.3. The zero-order chi connectivity index (χ0) is 18.5. The first-order valence-corrected chi connectivity index (χ1v) is 9.41. The molecule has 0 spiro atoms. The van der Waals surface area contributed by atoms with E-state index in [-0.39, 0.29) is 17.9 Å². The van der Waals surface area contributed by atoms with Crippen molar-refractivity contribution in [2.75, 3.05) is 7.11 Å². The zero-order valence-corrected chi connectivity index (χ0v) is 15.2. The molecule has 0 saturated heterocycles. The number of hydrogen-bond donors (Lipinski definition) is 2. The van der Waals surface area contributed by atoms with Gasteiger partial charge in [-0.1, -0.05) is 6.07 Å². The van der Waals surface area contributed by atoms with Gasteiger partial charge in [0, 0.05) is 12.5 Å². The second-order valence-corrected chi connectivity index (χ2v) is 7.27. The highest BCUT2D eigenvalue weighted by molar-refractivity contribution is 5.80. The van der Waals surface area contributed by atoms with Gasteiger partial charge in [-0.25, -0.2) is 0 Å². The number of methoxy groups -OCH3 is 1. The third-order valence-electron chi connectivity index (χ3n) is 5.44. The Morgan fingerprint density at radius 3 is 2.50 bits per heavy atom. The predicted octanol–water partition coefficient (Wildman–Crippen LogP) is 3.13. The van der Waals surface area contributed by atoms with E-state index in [4.69, 9.17) is 14.6 Å². The molecule has 1 aromatic carbocycles. The highest BCUT2D eigenvalue weighted by Gasteiger charge is 2.33. The SMILES string of the molecule is COc1ccc(CNC(=O)[C@@H]2CC[C@H](C(=O)O)C2)cc1OC1CCCC1. The van der Waals surface area contributed by atoms with Gasteiger partial charge >= 0.3 is 5.97 Å². The van der Waals surface area contributed by atoms with Crippen LogP contribution in [0.15, 0.2) is 18.2 Å². The van der Waals surface area contributed by atoms with Crippen LogP contribution in [0, 0.1) is 11.8 Å². The van der Waals surface area contributed by atoms with E-state index in [0.717, 1.165) is 24.2 Å².